The SMILES string of the molecule is Cc1cccc(C(CCN[C@H]2CC[C@H](N)CC2)c2cn(CC34CC5CC(CC(C5)C3)C4)c3ccccc23)c1. The molecule has 202 valence electrons. The molecule has 1 heterocycles. The van der Waals surface area contributed by atoms with E-state index < -0.39 is 0 Å². The molecule has 3 nitrogen and oxygen atoms in total. The van der Waals surface area contributed by atoms with Crippen molar-refractivity contribution < 1.29 is 0 Å². The summed E-state index contributed by atoms with van der Waals surface area (Å²) in [5, 5.41) is 5.39. The molecule has 3 heteroatoms. The molecule has 0 spiro atoms. The zero-order valence-electron chi connectivity index (χ0n) is 23.4. The molecule has 38 heavy (non-hydrogen) atoms. The van der Waals surface area contributed by atoms with E-state index >= 15 is 0 Å². The summed E-state index contributed by atoms with van der Waals surface area (Å²) in [5.41, 5.74) is 12.5. The third-order valence-electron chi connectivity index (χ3n) is 10.9. The monoisotopic (exact) mass is 509 g/mol. The quantitative estimate of drug-likeness (QED) is 0.329. The predicted octanol–water partition coefficient (Wildman–Crippen LogP) is 7.55. The third kappa shape index (κ3) is 4.86. The Morgan fingerprint density at radius 1 is 0.921 bits per heavy atom. The van der Waals surface area contributed by atoms with Crippen molar-refractivity contribution in [3.05, 3.63) is 71.4 Å². The van der Waals surface area contributed by atoms with Crippen LogP contribution in [0.1, 0.15) is 93.2 Å². The zero-order chi connectivity index (χ0) is 25.7. The molecule has 1 aromatic heterocycles. The number of para-hydroxylation sites is 1. The molecule has 1 unspecified atom stereocenters. The third-order valence-corrected chi connectivity index (χ3v) is 10.9. The van der Waals surface area contributed by atoms with Crippen molar-refractivity contribution in [1.82, 2.24) is 9.88 Å². The molecule has 5 fully saturated rings. The maximum atomic E-state index is 6.17. The number of aryl methyl sites for hydroxylation is 1. The standard InChI is InChI=1S/C35H47N3/c1-24-5-4-6-28(15-24)31(13-14-37-30-11-9-29(36)10-12-30)33-22-38(34-8-3-2-7-32(33)34)23-35-19-25-16-26(20-35)18-27(17-25)21-35/h2-8,15,22,25-27,29-31,37H,9-14,16-21,23,36H2,1H3/t25?,26?,27?,29-,30-,31?,35?. The molecule has 1 atom stereocenters. The first-order chi connectivity index (χ1) is 18.5. The van der Waals surface area contributed by atoms with Crippen molar-refractivity contribution >= 4 is 10.9 Å². The minimum Gasteiger partial charge on any atom is -0.347 e. The number of fused-ring (bicyclic) bond motifs is 1. The van der Waals surface area contributed by atoms with E-state index in [1.165, 1.54) is 85.5 Å². The van der Waals surface area contributed by atoms with Crippen molar-refractivity contribution in [2.75, 3.05) is 6.54 Å². The van der Waals surface area contributed by atoms with Gasteiger partial charge < -0.3 is 15.6 Å². The van der Waals surface area contributed by atoms with E-state index in [1.807, 2.05) is 0 Å². The summed E-state index contributed by atoms with van der Waals surface area (Å²) in [6, 6.07) is 19.6. The minimum absolute atomic E-state index is 0.410. The first kappa shape index (κ1) is 24.9. The van der Waals surface area contributed by atoms with Crippen LogP contribution >= 0.6 is 0 Å². The van der Waals surface area contributed by atoms with E-state index in [-0.39, 0.29) is 0 Å². The molecule has 4 bridgehead atoms. The molecule has 3 aromatic rings. The molecule has 0 radical (unpaired) electrons. The lowest BCUT2D eigenvalue weighted by Gasteiger charge is -2.57. The largest absolute Gasteiger partial charge is 0.347 e. The van der Waals surface area contributed by atoms with Crippen LogP contribution in [-0.2, 0) is 6.54 Å². The van der Waals surface area contributed by atoms with Crippen molar-refractivity contribution in [2.24, 2.45) is 28.9 Å². The van der Waals surface area contributed by atoms with Gasteiger partial charge in [-0.2, -0.15) is 0 Å². The van der Waals surface area contributed by atoms with E-state index in [0.717, 1.165) is 43.6 Å². The second-order valence-electron chi connectivity index (χ2n) is 14.0. The maximum Gasteiger partial charge on any atom is 0.0483 e. The van der Waals surface area contributed by atoms with E-state index in [4.69, 9.17) is 5.73 Å². The molecule has 0 saturated heterocycles. The Bertz CT molecular complexity index is 1230. The second-order valence-corrected chi connectivity index (χ2v) is 14.0. The van der Waals surface area contributed by atoms with E-state index in [0.29, 0.717) is 23.4 Å². The zero-order valence-corrected chi connectivity index (χ0v) is 23.4. The highest BCUT2D eigenvalue weighted by Crippen LogP contribution is 2.60. The molecule has 0 aliphatic heterocycles. The molecule has 3 N–H and O–H groups in total. The van der Waals surface area contributed by atoms with Crippen LogP contribution in [0, 0.1) is 30.1 Å². The van der Waals surface area contributed by atoms with Gasteiger partial charge in [0.05, 0.1) is 0 Å². The van der Waals surface area contributed by atoms with Gasteiger partial charge in [-0.15, -0.1) is 0 Å². The lowest BCUT2D eigenvalue weighted by Crippen LogP contribution is -2.47. The molecular weight excluding hydrogens is 462 g/mol. The smallest absolute Gasteiger partial charge is 0.0483 e. The normalized spacial score (nSPS) is 33.2. The summed E-state index contributed by atoms with van der Waals surface area (Å²) in [4.78, 5) is 0. The number of nitrogens with zero attached hydrogens (tertiary/aromatic N) is 1. The van der Waals surface area contributed by atoms with Gasteiger partial charge in [0.25, 0.3) is 0 Å². The minimum atomic E-state index is 0.410. The Hall–Kier alpha value is -2.10. The van der Waals surface area contributed by atoms with Gasteiger partial charge in [0.1, 0.15) is 0 Å². The highest BCUT2D eigenvalue weighted by Gasteiger charge is 2.51. The average molecular weight is 510 g/mol. The highest BCUT2D eigenvalue weighted by molar-refractivity contribution is 5.85. The van der Waals surface area contributed by atoms with E-state index in [9.17, 15) is 0 Å². The summed E-state index contributed by atoms with van der Waals surface area (Å²) in [6.07, 6.45) is 17.5. The van der Waals surface area contributed by atoms with Gasteiger partial charge in [-0.1, -0.05) is 48.0 Å². The maximum absolute atomic E-state index is 6.17. The van der Waals surface area contributed by atoms with Crippen LogP contribution < -0.4 is 11.1 Å². The Balaban J connectivity index is 1.19. The molecular formula is C35H47N3. The van der Waals surface area contributed by atoms with Crippen LogP contribution in [-0.4, -0.2) is 23.2 Å². The van der Waals surface area contributed by atoms with Crippen LogP contribution in [0.3, 0.4) is 0 Å². The van der Waals surface area contributed by atoms with Gasteiger partial charge in [-0.05, 0) is 124 Å². The van der Waals surface area contributed by atoms with Gasteiger partial charge in [-0.25, -0.2) is 0 Å². The van der Waals surface area contributed by atoms with Crippen LogP contribution in [0.2, 0.25) is 0 Å². The molecule has 5 aliphatic carbocycles. The van der Waals surface area contributed by atoms with Crippen LogP contribution in [0.4, 0.5) is 0 Å². The summed E-state index contributed by atoms with van der Waals surface area (Å²) in [5.74, 6) is 3.42. The number of hydrogen-bond acceptors (Lipinski definition) is 2. The first-order valence-electron chi connectivity index (χ1n) is 15.7. The number of nitrogens with one attached hydrogen (secondary N) is 1. The molecule has 8 rings (SSSR count). The fourth-order valence-corrected chi connectivity index (χ4v) is 9.67. The number of aromatic nitrogens is 1. The first-order valence-corrected chi connectivity index (χ1v) is 15.7. The Labute approximate surface area is 229 Å². The fourth-order valence-electron chi connectivity index (χ4n) is 9.67. The van der Waals surface area contributed by atoms with Crippen molar-refractivity contribution in [3.63, 3.8) is 0 Å². The van der Waals surface area contributed by atoms with Crippen LogP contribution in [0.5, 0.6) is 0 Å². The van der Waals surface area contributed by atoms with Crippen molar-refractivity contribution in [2.45, 2.75) is 102 Å². The average Bonchev–Trinajstić information content (AvgIpc) is 3.24. The number of benzene rings is 2. The predicted molar refractivity (Wildman–Crippen MR) is 158 cm³/mol. The van der Waals surface area contributed by atoms with E-state index in [1.54, 1.807) is 0 Å². The van der Waals surface area contributed by atoms with Crippen LogP contribution in [0.15, 0.2) is 54.7 Å². The van der Waals surface area contributed by atoms with Gasteiger partial charge in [0.15, 0.2) is 0 Å². The fraction of sp³-hybridized carbons (Fsp3) is 0.600. The number of rotatable bonds is 8. The summed E-state index contributed by atoms with van der Waals surface area (Å²) >= 11 is 0. The molecule has 5 aliphatic rings. The molecule has 0 amide bonds. The van der Waals surface area contributed by atoms with E-state index in [2.05, 4.69) is 71.5 Å². The number of nitrogens with two attached hydrogens (primary N) is 1. The van der Waals surface area contributed by atoms with Crippen LogP contribution in [0.25, 0.3) is 10.9 Å². The lowest BCUT2D eigenvalue weighted by molar-refractivity contribution is -0.0613. The second kappa shape index (κ2) is 10.1. The summed E-state index contributed by atoms with van der Waals surface area (Å²) in [7, 11) is 0. The summed E-state index contributed by atoms with van der Waals surface area (Å²) in [6.45, 7) is 4.52. The Kier molecular flexibility index (Phi) is 6.64. The topological polar surface area (TPSA) is 43.0 Å². The van der Waals surface area contributed by atoms with Gasteiger partial charge in [0.2, 0.25) is 0 Å². The summed E-state index contributed by atoms with van der Waals surface area (Å²) < 4.78 is 2.69. The lowest BCUT2D eigenvalue weighted by atomic mass is 9.49. The van der Waals surface area contributed by atoms with Crippen molar-refractivity contribution in [3.8, 4) is 0 Å². The Morgan fingerprint density at radius 3 is 2.34 bits per heavy atom. The van der Waals surface area contributed by atoms with Gasteiger partial charge in [0, 0.05) is 41.6 Å². The molecule has 5 saturated carbocycles. The van der Waals surface area contributed by atoms with Gasteiger partial charge >= 0.3 is 0 Å². The van der Waals surface area contributed by atoms with Crippen molar-refractivity contribution in [1.29, 1.82) is 0 Å². The highest BCUT2D eigenvalue weighted by atomic mass is 15.0. The molecule has 2 aromatic carbocycles. The number of hydrogen-bond donors (Lipinski definition) is 2. The van der Waals surface area contributed by atoms with Gasteiger partial charge in [-0.3, -0.25) is 0 Å². The Morgan fingerprint density at radius 2 is 1.63 bits per heavy atom.